The third-order valence-corrected chi connectivity index (χ3v) is 3.97. The zero-order chi connectivity index (χ0) is 8.93. The van der Waals surface area contributed by atoms with Gasteiger partial charge in [-0.2, -0.15) is 0 Å². The van der Waals surface area contributed by atoms with Crippen LogP contribution in [0.5, 0.6) is 0 Å². The summed E-state index contributed by atoms with van der Waals surface area (Å²) in [6.07, 6.45) is 1.99. The molecule has 0 aromatic carbocycles. The molecule has 1 amide bonds. The molecule has 68 valence electrons. The molecular formula is C10H17NO. The lowest BCUT2D eigenvalue weighted by molar-refractivity contribution is -0.122. The molecular weight excluding hydrogens is 150 g/mol. The van der Waals surface area contributed by atoms with Crippen LogP contribution in [0.4, 0.5) is 0 Å². The molecule has 0 spiro atoms. The van der Waals surface area contributed by atoms with Gasteiger partial charge in [-0.1, -0.05) is 13.8 Å². The summed E-state index contributed by atoms with van der Waals surface area (Å²) in [4.78, 5) is 11.3. The van der Waals surface area contributed by atoms with E-state index in [1.165, 1.54) is 6.42 Å². The third-order valence-electron chi connectivity index (χ3n) is 3.97. The average molecular weight is 167 g/mol. The van der Waals surface area contributed by atoms with E-state index in [1.54, 1.807) is 0 Å². The lowest BCUT2D eigenvalue weighted by atomic mass is 9.53. The molecule has 2 nitrogen and oxygen atoms in total. The highest BCUT2D eigenvalue weighted by Crippen LogP contribution is 2.55. The maximum absolute atomic E-state index is 11.3. The number of rotatable bonds is 0. The normalized spacial score (nSPS) is 44.2. The monoisotopic (exact) mass is 167 g/mol. The number of carbonyl (C=O) groups excluding carboxylic acids is 1. The van der Waals surface area contributed by atoms with Gasteiger partial charge in [-0.15, -0.1) is 0 Å². The summed E-state index contributed by atoms with van der Waals surface area (Å²) >= 11 is 0. The van der Waals surface area contributed by atoms with Crippen LogP contribution < -0.4 is 5.32 Å². The van der Waals surface area contributed by atoms with Crippen molar-refractivity contribution in [1.82, 2.24) is 5.32 Å². The second-order valence-corrected chi connectivity index (χ2v) is 4.92. The Balaban J connectivity index is 2.23. The van der Waals surface area contributed by atoms with E-state index >= 15 is 0 Å². The molecule has 0 radical (unpaired) electrons. The number of hydrogen-bond acceptors (Lipinski definition) is 1. The van der Waals surface area contributed by atoms with E-state index < -0.39 is 0 Å². The van der Waals surface area contributed by atoms with Crippen molar-refractivity contribution in [3.8, 4) is 0 Å². The molecule has 3 atom stereocenters. The van der Waals surface area contributed by atoms with Gasteiger partial charge < -0.3 is 5.32 Å². The van der Waals surface area contributed by atoms with Crippen LogP contribution in [0.2, 0.25) is 0 Å². The fourth-order valence-electron chi connectivity index (χ4n) is 2.89. The van der Waals surface area contributed by atoms with Crippen LogP contribution >= 0.6 is 0 Å². The molecule has 12 heavy (non-hydrogen) atoms. The molecule has 1 N–H and O–H groups in total. The maximum atomic E-state index is 11.3. The van der Waals surface area contributed by atoms with Crippen molar-refractivity contribution in [2.45, 2.75) is 39.7 Å². The highest BCUT2D eigenvalue weighted by Gasteiger charge is 2.52. The van der Waals surface area contributed by atoms with E-state index in [0.717, 1.165) is 6.42 Å². The van der Waals surface area contributed by atoms with Crippen LogP contribution in [-0.4, -0.2) is 11.9 Å². The molecule has 2 unspecified atom stereocenters. The second-order valence-electron chi connectivity index (χ2n) is 4.92. The predicted octanol–water partition coefficient (Wildman–Crippen LogP) is 1.56. The van der Waals surface area contributed by atoms with Gasteiger partial charge in [0.15, 0.2) is 0 Å². The maximum Gasteiger partial charge on any atom is 0.220 e. The number of fused-ring (bicyclic) bond motifs is 3. The summed E-state index contributed by atoms with van der Waals surface area (Å²) in [5.74, 6) is 1.59. The molecule has 2 heteroatoms. The zero-order valence-corrected chi connectivity index (χ0v) is 8.05. The Hall–Kier alpha value is -0.530. The SMILES string of the molecule is C[C@@H]1NC(=O)CC2CC1C2(C)C. The topological polar surface area (TPSA) is 29.1 Å². The fraction of sp³-hybridized carbons (Fsp3) is 0.900. The van der Waals surface area contributed by atoms with Crippen molar-refractivity contribution in [1.29, 1.82) is 0 Å². The first-order valence-corrected chi connectivity index (χ1v) is 4.81. The Labute approximate surface area is 73.7 Å². The Kier molecular flexibility index (Phi) is 1.51. The first-order chi connectivity index (χ1) is 5.51. The Bertz CT molecular complexity index is 222. The van der Waals surface area contributed by atoms with Crippen LogP contribution in [0.3, 0.4) is 0 Å². The van der Waals surface area contributed by atoms with Crippen molar-refractivity contribution in [3.63, 3.8) is 0 Å². The minimum Gasteiger partial charge on any atom is -0.353 e. The lowest BCUT2D eigenvalue weighted by Crippen LogP contribution is -2.49. The van der Waals surface area contributed by atoms with Crippen LogP contribution in [0, 0.1) is 17.3 Å². The molecule has 1 saturated carbocycles. The van der Waals surface area contributed by atoms with Crippen molar-refractivity contribution in [2.24, 2.45) is 17.3 Å². The van der Waals surface area contributed by atoms with Gasteiger partial charge in [0.2, 0.25) is 5.91 Å². The number of carbonyl (C=O) groups is 1. The molecule has 2 saturated heterocycles. The minimum atomic E-state index is 0.251. The van der Waals surface area contributed by atoms with Crippen molar-refractivity contribution in [2.75, 3.05) is 0 Å². The molecule has 0 aromatic rings. The predicted molar refractivity (Wildman–Crippen MR) is 47.6 cm³/mol. The van der Waals surface area contributed by atoms with Gasteiger partial charge >= 0.3 is 0 Å². The molecule has 1 aliphatic carbocycles. The highest BCUT2D eigenvalue weighted by molar-refractivity contribution is 5.77. The van der Waals surface area contributed by atoms with Crippen molar-refractivity contribution in [3.05, 3.63) is 0 Å². The van der Waals surface area contributed by atoms with Gasteiger partial charge in [0, 0.05) is 12.5 Å². The van der Waals surface area contributed by atoms with Crippen LogP contribution in [0.15, 0.2) is 0 Å². The summed E-state index contributed by atoms with van der Waals surface area (Å²) in [6, 6.07) is 0.381. The molecule has 3 rings (SSSR count). The molecule has 2 bridgehead atoms. The summed E-state index contributed by atoms with van der Waals surface area (Å²) in [6.45, 7) is 6.72. The highest BCUT2D eigenvalue weighted by atomic mass is 16.1. The van der Waals surface area contributed by atoms with Crippen LogP contribution in [0.1, 0.15) is 33.6 Å². The molecule has 2 aliphatic heterocycles. The van der Waals surface area contributed by atoms with Gasteiger partial charge in [-0.3, -0.25) is 4.79 Å². The third kappa shape index (κ3) is 0.900. The Morgan fingerprint density at radius 3 is 2.75 bits per heavy atom. The van der Waals surface area contributed by atoms with Crippen molar-refractivity contribution < 1.29 is 4.79 Å². The van der Waals surface area contributed by atoms with E-state index in [4.69, 9.17) is 0 Å². The zero-order valence-electron chi connectivity index (χ0n) is 8.05. The Morgan fingerprint density at radius 1 is 1.50 bits per heavy atom. The molecule has 3 aliphatic rings. The summed E-state index contributed by atoms with van der Waals surface area (Å²) in [5, 5.41) is 3.05. The van der Waals surface area contributed by atoms with E-state index in [-0.39, 0.29) is 5.91 Å². The standard InChI is InChI=1S/C10H17NO/c1-6-8-4-7(10(8,2)3)5-9(12)11-6/h6-8H,4-5H2,1-3H3,(H,11,12)/t6-,7?,8?/m0/s1. The van der Waals surface area contributed by atoms with Gasteiger partial charge in [0.05, 0.1) is 0 Å². The Morgan fingerprint density at radius 2 is 2.17 bits per heavy atom. The second kappa shape index (κ2) is 2.24. The molecule has 3 fully saturated rings. The van der Waals surface area contributed by atoms with Gasteiger partial charge in [-0.25, -0.2) is 0 Å². The van der Waals surface area contributed by atoms with Crippen molar-refractivity contribution >= 4 is 5.91 Å². The van der Waals surface area contributed by atoms with Crippen LogP contribution in [-0.2, 0) is 4.79 Å². The van der Waals surface area contributed by atoms with E-state index in [9.17, 15) is 4.79 Å². The smallest absolute Gasteiger partial charge is 0.220 e. The summed E-state index contributed by atoms with van der Waals surface area (Å²) in [7, 11) is 0. The number of nitrogens with one attached hydrogen (secondary N) is 1. The van der Waals surface area contributed by atoms with E-state index in [2.05, 4.69) is 26.1 Å². The van der Waals surface area contributed by atoms with Gasteiger partial charge in [0.1, 0.15) is 0 Å². The summed E-state index contributed by atoms with van der Waals surface area (Å²) in [5.41, 5.74) is 0.387. The number of amides is 1. The first kappa shape index (κ1) is 8.09. The first-order valence-electron chi connectivity index (χ1n) is 4.81. The van der Waals surface area contributed by atoms with E-state index in [1.807, 2.05) is 0 Å². The average Bonchev–Trinajstić information content (AvgIpc) is 2.14. The number of hydrogen-bond donors (Lipinski definition) is 1. The van der Waals surface area contributed by atoms with Gasteiger partial charge in [0.25, 0.3) is 0 Å². The van der Waals surface area contributed by atoms with Crippen LogP contribution in [0.25, 0.3) is 0 Å². The lowest BCUT2D eigenvalue weighted by Gasteiger charge is -2.52. The van der Waals surface area contributed by atoms with Gasteiger partial charge in [-0.05, 0) is 30.6 Å². The molecule has 0 aromatic heterocycles. The largest absolute Gasteiger partial charge is 0.353 e. The summed E-state index contributed by atoms with van der Waals surface area (Å²) < 4.78 is 0. The minimum absolute atomic E-state index is 0.251. The molecule has 2 heterocycles. The van der Waals surface area contributed by atoms with E-state index in [0.29, 0.717) is 23.3 Å². The fourth-order valence-corrected chi connectivity index (χ4v) is 2.89. The quantitative estimate of drug-likeness (QED) is 0.583.